The highest BCUT2D eigenvalue weighted by atomic mass is 16.1. The fourth-order valence-electron chi connectivity index (χ4n) is 0.906. The van der Waals surface area contributed by atoms with E-state index >= 15 is 0 Å². The molecule has 0 aliphatic carbocycles. The Bertz CT molecular complexity index is 290. The molecule has 0 radical (unpaired) electrons. The van der Waals surface area contributed by atoms with Gasteiger partial charge in [0.25, 0.3) is 5.56 Å². The first-order chi connectivity index (χ1) is 5.27. The number of hydrogen-bond donors (Lipinski definition) is 0. The van der Waals surface area contributed by atoms with Crippen LogP contribution in [0.3, 0.4) is 0 Å². The van der Waals surface area contributed by atoms with Gasteiger partial charge in [0, 0.05) is 12.6 Å². The van der Waals surface area contributed by atoms with Crippen LogP contribution >= 0.6 is 0 Å². The Labute approximate surface area is 65.7 Å². The number of nitrogens with zero attached hydrogens (tertiary/aromatic N) is 2. The van der Waals surface area contributed by atoms with Gasteiger partial charge in [-0.3, -0.25) is 4.79 Å². The standard InChI is InChI=1S/C8H12N2O/c1-3-7-5-6-8(11)10(4-2)9-7/h5-6H,3-4H2,1-2H3. The first-order valence-corrected chi connectivity index (χ1v) is 3.85. The second-order valence-electron chi connectivity index (χ2n) is 2.33. The smallest absolute Gasteiger partial charge is 0.266 e. The van der Waals surface area contributed by atoms with E-state index < -0.39 is 0 Å². The van der Waals surface area contributed by atoms with Crippen molar-refractivity contribution in [2.45, 2.75) is 26.8 Å². The van der Waals surface area contributed by atoms with Crippen molar-refractivity contribution in [2.24, 2.45) is 0 Å². The van der Waals surface area contributed by atoms with Gasteiger partial charge in [-0.05, 0) is 19.4 Å². The zero-order chi connectivity index (χ0) is 8.27. The van der Waals surface area contributed by atoms with Gasteiger partial charge in [0.1, 0.15) is 0 Å². The molecule has 3 nitrogen and oxygen atoms in total. The van der Waals surface area contributed by atoms with Gasteiger partial charge < -0.3 is 0 Å². The van der Waals surface area contributed by atoms with Gasteiger partial charge in [0.05, 0.1) is 5.69 Å². The Balaban J connectivity index is 3.13. The van der Waals surface area contributed by atoms with Crippen molar-refractivity contribution in [3.05, 3.63) is 28.2 Å². The van der Waals surface area contributed by atoms with E-state index in [1.54, 1.807) is 12.1 Å². The monoisotopic (exact) mass is 152 g/mol. The van der Waals surface area contributed by atoms with Crippen LogP contribution in [-0.4, -0.2) is 9.78 Å². The van der Waals surface area contributed by atoms with Crippen LogP contribution in [0.15, 0.2) is 16.9 Å². The lowest BCUT2D eigenvalue weighted by Gasteiger charge is -2.00. The Morgan fingerprint density at radius 2 is 2.18 bits per heavy atom. The second kappa shape index (κ2) is 3.32. The zero-order valence-electron chi connectivity index (χ0n) is 6.87. The topological polar surface area (TPSA) is 34.9 Å². The highest BCUT2D eigenvalue weighted by Gasteiger charge is 1.94. The summed E-state index contributed by atoms with van der Waals surface area (Å²) in [5.41, 5.74) is 0.941. The average molecular weight is 152 g/mol. The zero-order valence-corrected chi connectivity index (χ0v) is 6.87. The fourth-order valence-corrected chi connectivity index (χ4v) is 0.906. The minimum atomic E-state index is -0.0234. The Hall–Kier alpha value is -1.12. The minimum Gasteiger partial charge on any atom is -0.268 e. The van der Waals surface area contributed by atoms with Crippen molar-refractivity contribution in [3.8, 4) is 0 Å². The summed E-state index contributed by atoms with van der Waals surface area (Å²) >= 11 is 0. The van der Waals surface area contributed by atoms with Gasteiger partial charge in [0.15, 0.2) is 0 Å². The van der Waals surface area contributed by atoms with Crippen LogP contribution in [0.2, 0.25) is 0 Å². The van der Waals surface area contributed by atoms with Crippen LogP contribution in [0.4, 0.5) is 0 Å². The van der Waals surface area contributed by atoms with Crippen LogP contribution < -0.4 is 5.56 Å². The van der Waals surface area contributed by atoms with Crippen molar-refractivity contribution in [1.82, 2.24) is 9.78 Å². The van der Waals surface area contributed by atoms with Gasteiger partial charge in [0.2, 0.25) is 0 Å². The maximum absolute atomic E-state index is 11.0. The third kappa shape index (κ3) is 1.67. The molecule has 0 aromatic carbocycles. The molecule has 0 saturated carbocycles. The van der Waals surface area contributed by atoms with Crippen LogP contribution in [0, 0.1) is 0 Å². The van der Waals surface area contributed by atoms with E-state index in [0.717, 1.165) is 12.1 Å². The predicted octanol–water partition coefficient (Wildman–Crippen LogP) is 0.826. The molecular weight excluding hydrogens is 140 g/mol. The van der Waals surface area contributed by atoms with E-state index in [0.29, 0.717) is 6.54 Å². The number of aromatic nitrogens is 2. The Morgan fingerprint density at radius 1 is 1.45 bits per heavy atom. The molecule has 3 heteroatoms. The summed E-state index contributed by atoms with van der Waals surface area (Å²) < 4.78 is 1.47. The van der Waals surface area contributed by atoms with Gasteiger partial charge in [-0.2, -0.15) is 5.10 Å². The second-order valence-corrected chi connectivity index (χ2v) is 2.33. The largest absolute Gasteiger partial charge is 0.268 e. The lowest BCUT2D eigenvalue weighted by atomic mass is 10.3. The van der Waals surface area contributed by atoms with Crippen molar-refractivity contribution in [1.29, 1.82) is 0 Å². The molecule has 0 aliphatic heterocycles. The van der Waals surface area contributed by atoms with Gasteiger partial charge in [-0.15, -0.1) is 0 Å². The van der Waals surface area contributed by atoms with E-state index in [4.69, 9.17) is 0 Å². The molecule has 0 unspecified atom stereocenters. The third-order valence-electron chi connectivity index (χ3n) is 1.58. The molecule has 1 aromatic rings. The lowest BCUT2D eigenvalue weighted by Crippen LogP contribution is -2.21. The Morgan fingerprint density at radius 3 is 2.73 bits per heavy atom. The maximum atomic E-state index is 11.0. The molecule has 0 atom stereocenters. The third-order valence-corrected chi connectivity index (χ3v) is 1.58. The molecule has 1 heterocycles. The average Bonchev–Trinajstić information content (AvgIpc) is 2.05. The highest BCUT2D eigenvalue weighted by molar-refractivity contribution is 4.99. The molecule has 0 N–H and O–H groups in total. The van der Waals surface area contributed by atoms with Crippen LogP contribution in [0.25, 0.3) is 0 Å². The summed E-state index contributed by atoms with van der Waals surface area (Å²) in [6.07, 6.45) is 0.875. The summed E-state index contributed by atoms with van der Waals surface area (Å²) in [6, 6.07) is 3.34. The fraction of sp³-hybridized carbons (Fsp3) is 0.500. The summed E-state index contributed by atoms with van der Waals surface area (Å²) in [5, 5.41) is 4.11. The molecule has 60 valence electrons. The number of aryl methyl sites for hydroxylation is 2. The molecular formula is C8H12N2O. The minimum absolute atomic E-state index is 0.0234. The van der Waals surface area contributed by atoms with Crippen molar-refractivity contribution < 1.29 is 0 Å². The molecule has 0 amide bonds. The van der Waals surface area contributed by atoms with E-state index in [-0.39, 0.29) is 5.56 Å². The van der Waals surface area contributed by atoms with Gasteiger partial charge >= 0.3 is 0 Å². The van der Waals surface area contributed by atoms with Crippen molar-refractivity contribution in [3.63, 3.8) is 0 Å². The van der Waals surface area contributed by atoms with Gasteiger partial charge in [-0.1, -0.05) is 6.92 Å². The van der Waals surface area contributed by atoms with Crippen LogP contribution in [0.5, 0.6) is 0 Å². The quantitative estimate of drug-likeness (QED) is 0.629. The lowest BCUT2D eigenvalue weighted by molar-refractivity contribution is 0.599. The van der Waals surface area contributed by atoms with Crippen LogP contribution in [-0.2, 0) is 13.0 Å². The molecule has 0 fully saturated rings. The summed E-state index contributed by atoms with van der Waals surface area (Å²) in [6.45, 7) is 4.58. The first kappa shape index (κ1) is 7.98. The summed E-state index contributed by atoms with van der Waals surface area (Å²) in [4.78, 5) is 11.0. The molecule has 1 aromatic heterocycles. The Kier molecular flexibility index (Phi) is 2.41. The number of hydrogen-bond acceptors (Lipinski definition) is 2. The number of rotatable bonds is 2. The van der Waals surface area contributed by atoms with Gasteiger partial charge in [-0.25, -0.2) is 4.68 Å². The highest BCUT2D eigenvalue weighted by Crippen LogP contribution is 1.89. The van der Waals surface area contributed by atoms with Crippen molar-refractivity contribution in [2.75, 3.05) is 0 Å². The van der Waals surface area contributed by atoms with E-state index in [9.17, 15) is 4.79 Å². The first-order valence-electron chi connectivity index (χ1n) is 3.85. The van der Waals surface area contributed by atoms with E-state index in [1.807, 2.05) is 13.8 Å². The van der Waals surface area contributed by atoms with E-state index in [1.165, 1.54) is 4.68 Å². The summed E-state index contributed by atoms with van der Waals surface area (Å²) in [7, 11) is 0. The molecule has 0 aliphatic rings. The van der Waals surface area contributed by atoms with Crippen molar-refractivity contribution >= 4 is 0 Å². The molecule has 0 bridgehead atoms. The maximum Gasteiger partial charge on any atom is 0.266 e. The van der Waals surface area contributed by atoms with Crippen LogP contribution in [0.1, 0.15) is 19.5 Å². The molecule has 0 spiro atoms. The summed E-state index contributed by atoms with van der Waals surface area (Å²) in [5.74, 6) is 0. The molecule has 11 heavy (non-hydrogen) atoms. The van der Waals surface area contributed by atoms with E-state index in [2.05, 4.69) is 5.10 Å². The molecule has 0 saturated heterocycles. The molecule has 1 rings (SSSR count). The normalized spacial score (nSPS) is 10.0. The predicted molar refractivity (Wildman–Crippen MR) is 43.5 cm³/mol. The SMILES string of the molecule is CCc1ccc(=O)n(CC)n1.